The quantitative estimate of drug-likeness (QED) is 0.943. The van der Waals surface area contributed by atoms with Crippen LogP contribution in [0, 0.1) is 0 Å². The molecule has 1 aliphatic rings. The molecule has 21 heavy (non-hydrogen) atoms. The van der Waals surface area contributed by atoms with Gasteiger partial charge in [0.2, 0.25) is 10.0 Å². The molecule has 1 N–H and O–H groups in total. The first-order valence-electron chi connectivity index (χ1n) is 6.22. The Labute approximate surface area is 127 Å². The summed E-state index contributed by atoms with van der Waals surface area (Å²) in [7, 11) is -3.44. The van der Waals surface area contributed by atoms with Crippen LogP contribution in [0.15, 0.2) is 53.2 Å². The maximum atomic E-state index is 11.9. The molecule has 2 aromatic rings. The molecule has 0 aliphatic carbocycles. The second-order valence-electron chi connectivity index (χ2n) is 4.72. The van der Waals surface area contributed by atoms with Gasteiger partial charge in [-0.1, -0.05) is 23.7 Å². The molecular weight excluding hydrogens is 312 g/mol. The van der Waals surface area contributed by atoms with E-state index in [1.54, 1.807) is 24.3 Å². The van der Waals surface area contributed by atoms with Crippen molar-refractivity contribution >= 4 is 27.3 Å². The summed E-state index contributed by atoms with van der Waals surface area (Å²) >= 11 is 5.87. The zero-order valence-corrected chi connectivity index (χ0v) is 12.7. The fourth-order valence-corrected chi connectivity index (χ4v) is 3.16. The molecule has 0 fully saturated rings. The fraction of sp³-hybridized carbons (Fsp3) is 0.143. The third kappa shape index (κ3) is 2.83. The molecular formula is C14H13ClN2O3S. The Morgan fingerprint density at radius 2 is 1.95 bits per heavy atom. The van der Waals surface area contributed by atoms with E-state index in [1.165, 1.54) is 10.7 Å². The molecule has 0 unspecified atom stereocenters. The van der Waals surface area contributed by atoms with E-state index in [1.807, 2.05) is 18.2 Å². The van der Waals surface area contributed by atoms with Crippen LogP contribution in [0.25, 0.3) is 5.70 Å². The maximum absolute atomic E-state index is 11.9. The Hall–Kier alpha value is -1.76. The van der Waals surface area contributed by atoms with Crippen molar-refractivity contribution in [2.24, 2.45) is 0 Å². The molecule has 0 spiro atoms. The second kappa shape index (κ2) is 5.22. The molecule has 5 nitrogen and oxygen atoms in total. The molecule has 0 amide bonds. The van der Waals surface area contributed by atoms with Gasteiger partial charge in [-0.25, -0.2) is 8.42 Å². The summed E-state index contributed by atoms with van der Waals surface area (Å²) in [4.78, 5) is 0. The summed E-state index contributed by atoms with van der Waals surface area (Å²) in [6.45, 7) is 0. The van der Waals surface area contributed by atoms with Gasteiger partial charge in [0.25, 0.3) is 0 Å². The van der Waals surface area contributed by atoms with Crippen molar-refractivity contribution in [1.82, 2.24) is 9.84 Å². The largest absolute Gasteiger partial charge is 0.467 e. The van der Waals surface area contributed by atoms with Gasteiger partial charge >= 0.3 is 0 Å². The van der Waals surface area contributed by atoms with Crippen molar-refractivity contribution in [2.75, 3.05) is 6.26 Å². The molecule has 2 heterocycles. The van der Waals surface area contributed by atoms with Gasteiger partial charge in [0.15, 0.2) is 0 Å². The molecule has 0 saturated heterocycles. The number of hydrogen-bond acceptors (Lipinski definition) is 4. The van der Waals surface area contributed by atoms with E-state index in [0.717, 1.165) is 11.8 Å². The summed E-state index contributed by atoms with van der Waals surface area (Å²) in [6, 6.07) is 10.1. The van der Waals surface area contributed by atoms with E-state index in [-0.39, 0.29) is 0 Å². The van der Waals surface area contributed by atoms with Gasteiger partial charge in [0, 0.05) is 5.02 Å². The van der Waals surface area contributed by atoms with Crippen LogP contribution in [0.5, 0.6) is 0 Å². The second-order valence-corrected chi connectivity index (χ2v) is 7.01. The molecule has 0 saturated carbocycles. The summed E-state index contributed by atoms with van der Waals surface area (Å²) in [5, 5.41) is 0.625. The van der Waals surface area contributed by atoms with Crippen molar-refractivity contribution in [1.29, 1.82) is 0 Å². The minimum absolute atomic E-state index is 0.513. The lowest BCUT2D eigenvalue weighted by molar-refractivity contribution is 0.312. The maximum Gasteiger partial charge on any atom is 0.228 e. The van der Waals surface area contributed by atoms with Crippen molar-refractivity contribution < 1.29 is 12.8 Å². The predicted octanol–water partition coefficient (Wildman–Crippen LogP) is 2.80. The van der Waals surface area contributed by atoms with Crippen LogP contribution >= 0.6 is 11.6 Å². The minimum atomic E-state index is -3.44. The third-order valence-corrected chi connectivity index (χ3v) is 4.44. The number of nitrogens with zero attached hydrogens (tertiary/aromatic N) is 1. The summed E-state index contributed by atoms with van der Waals surface area (Å²) in [5.41, 5.74) is 4.45. The number of halogens is 1. The highest BCUT2D eigenvalue weighted by Gasteiger charge is 2.34. The Balaban J connectivity index is 2.00. The molecule has 110 valence electrons. The first-order valence-corrected chi connectivity index (χ1v) is 8.45. The summed E-state index contributed by atoms with van der Waals surface area (Å²) < 4.78 is 30.4. The molecule has 3 rings (SSSR count). The monoisotopic (exact) mass is 324 g/mol. The Kier molecular flexibility index (Phi) is 3.52. The van der Waals surface area contributed by atoms with E-state index >= 15 is 0 Å². The van der Waals surface area contributed by atoms with Gasteiger partial charge in [0.05, 0.1) is 18.2 Å². The number of sulfonamides is 1. The van der Waals surface area contributed by atoms with Crippen molar-refractivity contribution in [3.8, 4) is 0 Å². The van der Waals surface area contributed by atoms with Crippen LogP contribution in [0.1, 0.15) is 17.4 Å². The van der Waals surface area contributed by atoms with E-state index in [0.29, 0.717) is 16.5 Å². The molecule has 1 aromatic heterocycles. The Bertz CT molecular complexity index is 767. The highest BCUT2D eigenvalue weighted by molar-refractivity contribution is 7.88. The van der Waals surface area contributed by atoms with Gasteiger partial charge in [-0.15, -0.1) is 4.41 Å². The number of nitrogens with one attached hydrogen (secondary N) is 1. The molecule has 0 radical (unpaired) electrons. The van der Waals surface area contributed by atoms with Crippen LogP contribution in [0.3, 0.4) is 0 Å². The minimum Gasteiger partial charge on any atom is -0.467 e. The average Bonchev–Trinajstić information content (AvgIpc) is 3.07. The van der Waals surface area contributed by atoms with Crippen LogP contribution in [-0.2, 0) is 10.0 Å². The zero-order valence-electron chi connectivity index (χ0n) is 11.2. The molecule has 7 heteroatoms. The standard InChI is InChI=1S/C14H13ClN2O3S/c1-21(18,19)17-13(14-3-2-8-20-14)9-12(16-17)10-4-6-11(15)7-5-10/h2-9,13,16H,1H3/t13-/m1/s1. The van der Waals surface area contributed by atoms with Crippen LogP contribution < -0.4 is 5.43 Å². The van der Waals surface area contributed by atoms with Crippen LogP contribution in [-0.4, -0.2) is 19.1 Å². The zero-order chi connectivity index (χ0) is 15.0. The summed E-state index contributed by atoms with van der Waals surface area (Å²) in [6.07, 6.45) is 4.47. The lowest BCUT2D eigenvalue weighted by Crippen LogP contribution is -2.38. The highest BCUT2D eigenvalue weighted by Crippen LogP contribution is 2.33. The van der Waals surface area contributed by atoms with Gasteiger partial charge in [-0.2, -0.15) is 0 Å². The SMILES string of the molecule is CS(=O)(=O)N1NC(c2ccc(Cl)cc2)=C[C@@H]1c1ccco1. The van der Waals surface area contributed by atoms with E-state index in [2.05, 4.69) is 5.43 Å². The van der Waals surface area contributed by atoms with Crippen molar-refractivity contribution in [3.05, 3.63) is 65.1 Å². The first kappa shape index (κ1) is 14.2. The lowest BCUT2D eigenvalue weighted by Gasteiger charge is -2.21. The first-order chi connectivity index (χ1) is 9.95. The molecule has 1 aromatic carbocycles. The number of benzene rings is 1. The van der Waals surface area contributed by atoms with E-state index < -0.39 is 16.1 Å². The van der Waals surface area contributed by atoms with Crippen LogP contribution in [0.2, 0.25) is 5.02 Å². The lowest BCUT2D eigenvalue weighted by atomic mass is 10.1. The number of rotatable bonds is 3. The summed E-state index contributed by atoms with van der Waals surface area (Å²) in [5.74, 6) is 0.553. The Morgan fingerprint density at radius 3 is 2.52 bits per heavy atom. The fourth-order valence-electron chi connectivity index (χ4n) is 2.19. The van der Waals surface area contributed by atoms with Crippen molar-refractivity contribution in [2.45, 2.75) is 6.04 Å². The molecule has 1 aliphatic heterocycles. The smallest absolute Gasteiger partial charge is 0.228 e. The topological polar surface area (TPSA) is 62.6 Å². The van der Waals surface area contributed by atoms with Gasteiger partial charge < -0.3 is 9.84 Å². The third-order valence-electron chi connectivity index (χ3n) is 3.16. The van der Waals surface area contributed by atoms with Gasteiger partial charge in [-0.3, -0.25) is 0 Å². The Morgan fingerprint density at radius 1 is 1.24 bits per heavy atom. The number of hydrazine groups is 1. The predicted molar refractivity (Wildman–Crippen MR) is 80.7 cm³/mol. The average molecular weight is 325 g/mol. The molecule has 1 atom stereocenters. The van der Waals surface area contributed by atoms with Gasteiger partial charge in [0.1, 0.15) is 11.8 Å². The van der Waals surface area contributed by atoms with Crippen LogP contribution in [0.4, 0.5) is 0 Å². The number of furan rings is 1. The number of hydrogen-bond donors (Lipinski definition) is 1. The normalized spacial score (nSPS) is 19.3. The van der Waals surface area contributed by atoms with E-state index in [9.17, 15) is 8.42 Å². The molecule has 0 bridgehead atoms. The highest BCUT2D eigenvalue weighted by atomic mass is 35.5. The van der Waals surface area contributed by atoms with Gasteiger partial charge in [-0.05, 0) is 35.9 Å². The van der Waals surface area contributed by atoms with Crippen molar-refractivity contribution in [3.63, 3.8) is 0 Å². The van der Waals surface area contributed by atoms with E-state index in [4.69, 9.17) is 16.0 Å².